The molecule has 3 heterocycles. The molecule has 0 amide bonds. The quantitative estimate of drug-likeness (QED) is 0.655. The molecule has 0 bridgehead atoms. The second-order valence-corrected chi connectivity index (χ2v) is 5.90. The summed E-state index contributed by atoms with van der Waals surface area (Å²) in [5, 5.41) is 1.03. The first-order valence-corrected chi connectivity index (χ1v) is 7.71. The Kier molecular flexibility index (Phi) is 5.68. The second kappa shape index (κ2) is 7.34. The van der Waals surface area contributed by atoms with Gasteiger partial charge in [-0.3, -0.25) is 4.98 Å². The Hall–Kier alpha value is -1.56. The van der Waals surface area contributed by atoms with Gasteiger partial charge in [-0.1, -0.05) is 11.8 Å². The number of fused-ring (bicyclic) bond motifs is 1. The third-order valence-corrected chi connectivity index (χ3v) is 4.51. The van der Waals surface area contributed by atoms with E-state index < -0.39 is 0 Å². The van der Waals surface area contributed by atoms with Gasteiger partial charge in [0.15, 0.2) is 5.16 Å². The van der Waals surface area contributed by atoms with Gasteiger partial charge in [0.25, 0.3) is 0 Å². The highest BCUT2D eigenvalue weighted by Gasteiger charge is 2.23. The van der Waals surface area contributed by atoms with Crippen molar-refractivity contribution in [3.05, 3.63) is 54.6 Å². The zero-order valence-corrected chi connectivity index (χ0v) is 14.4. The molecule has 3 nitrogen and oxygen atoms in total. The van der Waals surface area contributed by atoms with Gasteiger partial charge in [0.2, 0.25) is 0 Å². The van der Waals surface area contributed by atoms with Gasteiger partial charge < -0.3 is 4.57 Å². The predicted molar refractivity (Wildman–Crippen MR) is 96.1 cm³/mol. The molecule has 0 radical (unpaired) electrons. The third kappa shape index (κ3) is 3.22. The van der Waals surface area contributed by atoms with Gasteiger partial charge >= 0.3 is 0 Å². The second-order valence-electron chi connectivity index (χ2n) is 4.83. The summed E-state index contributed by atoms with van der Waals surface area (Å²) in [7, 11) is 0. The first-order chi connectivity index (χ1) is 10.3. The van der Waals surface area contributed by atoms with Crippen molar-refractivity contribution >= 4 is 36.6 Å². The van der Waals surface area contributed by atoms with Crippen LogP contribution in [-0.2, 0) is 6.54 Å². The maximum atomic E-state index is 13.1. The van der Waals surface area contributed by atoms with E-state index in [4.69, 9.17) is 4.98 Å². The minimum absolute atomic E-state index is 0. The largest absolute Gasteiger partial charge is 0.318 e. The van der Waals surface area contributed by atoms with Gasteiger partial charge in [-0.05, 0) is 36.4 Å². The van der Waals surface area contributed by atoms with Gasteiger partial charge in [0.1, 0.15) is 5.82 Å². The van der Waals surface area contributed by atoms with E-state index >= 15 is 0 Å². The molecule has 0 saturated heterocycles. The van der Waals surface area contributed by atoms with Crippen LogP contribution in [0.2, 0.25) is 0 Å². The van der Waals surface area contributed by atoms with Crippen LogP contribution >= 0.6 is 36.6 Å². The fraction of sp³-hybridized carbons (Fsp3) is 0.125. The average Bonchev–Trinajstić information content (AvgIpc) is 3.09. The molecule has 0 spiro atoms. The summed E-state index contributed by atoms with van der Waals surface area (Å²) >= 11 is 1.76. The first kappa shape index (κ1) is 17.8. The molecule has 1 aliphatic rings. The Bertz CT molecular complexity index is 791. The molecule has 23 heavy (non-hydrogen) atoms. The maximum Gasteiger partial charge on any atom is 0.169 e. The third-order valence-electron chi connectivity index (χ3n) is 3.55. The van der Waals surface area contributed by atoms with Crippen LogP contribution in [0.1, 0.15) is 0 Å². The van der Waals surface area contributed by atoms with Gasteiger partial charge in [-0.15, -0.1) is 24.8 Å². The number of hydrogen-bond acceptors (Lipinski definition) is 3. The molecule has 0 unspecified atom stereocenters. The number of benzene rings is 1. The molecule has 3 aromatic rings. The minimum atomic E-state index is -0.231. The Morgan fingerprint density at radius 3 is 2.35 bits per heavy atom. The van der Waals surface area contributed by atoms with E-state index in [2.05, 4.69) is 9.55 Å². The van der Waals surface area contributed by atoms with Crippen molar-refractivity contribution in [2.45, 2.75) is 11.7 Å². The summed E-state index contributed by atoms with van der Waals surface area (Å²) in [5.74, 6) is 0.815. The monoisotopic (exact) mass is 369 g/mol. The fourth-order valence-corrected chi connectivity index (χ4v) is 3.54. The van der Waals surface area contributed by atoms with Crippen LogP contribution in [0.3, 0.4) is 0 Å². The van der Waals surface area contributed by atoms with E-state index in [1.807, 2.05) is 12.1 Å². The number of halogens is 3. The Labute approximate surface area is 150 Å². The minimum Gasteiger partial charge on any atom is -0.318 e. The molecule has 7 heteroatoms. The molecule has 0 N–H and O–H groups in total. The molecule has 4 rings (SSSR count). The van der Waals surface area contributed by atoms with Crippen LogP contribution in [0.25, 0.3) is 22.5 Å². The van der Waals surface area contributed by atoms with E-state index in [-0.39, 0.29) is 30.6 Å². The highest BCUT2D eigenvalue weighted by atomic mass is 35.5. The zero-order valence-electron chi connectivity index (χ0n) is 12.0. The normalized spacial score (nSPS) is 12.2. The molecule has 2 aromatic heterocycles. The van der Waals surface area contributed by atoms with Crippen molar-refractivity contribution in [1.82, 2.24) is 14.5 Å². The van der Waals surface area contributed by atoms with Crippen LogP contribution in [0.5, 0.6) is 0 Å². The maximum absolute atomic E-state index is 13.1. The van der Waals surface area contributed by atoms with Crippen molar-refractivity contribution in [3.8, 4) is 22.5 Å². The molecular formula is C16H14Cl2FN3S. The Balaban J connectivity index is 0.000000960. The number of imidazole rings is 1. The standard InChI is InChI=1S/C16H12FN3S.2ClH/c17-13-3-1-11(2-4-13)14-15(12-5-7-18-8-6-12)20-9-10-21-16(20)19-14;;/h1-8H,9-10H2;2*1H. The van der Waals surface area contributed by atoms with Gasteiger partial charge in [-0.25, -0.2) is 9.37 Å². The SMILES string of the molecule is Cl.Cl.Fc1ccc(-c2nc3n(c2-c2ccncc2)CCS3)cc1. The van der Waals surface area contributed by atoms with Crippen LogP contribution in [-0.4, -0.2) is 20.3 Å². The van der Waals surface area contributed by atoms with Crippen molar-refractivity contribution in [2.75, 3.05) is 5.75 Å². The average molecular weight is 370 g/mol. The molecule has 120 valence electrons. The van der Waals surface area contributed by atoms with Crippen molar-refractivity contribution in [1.29, 1.82) is 0 Å². The summed E-state index contributed by atoms with van der Waals surface area (Å²) in [6.07, 6.45) is 3.57. The highest BCUT2D eigenvalue weighted by Crippen LogP contribution is 2.38. The number of thioether (sulfide) groups is 1. The summed E-state index contributed by atoms with van der Waals surface area (Å²) < 4.78 is 15.4. The Morgan fingerprint density at radius 2 is 1.65 bits per heavy atom. The van der Waals surface area contributed by atoms with Crippen LogP contribution in [0.15, 0.2) is 53.9 Å². The Morgan fingerprint density at radius 1 is 0.957 bits per heavy atom. The van der Waals surface area contributed by atoms with Gasteiger partial charge in [0.05, 0.1) is 11.4 Å². The van der Waals surface area contributed by atoms with Gasteiger partial charge in [0, 0.05) is 35.8 Å². The number of aromatic nitrogens is 3. The lowest BCUT2D eigenvalue weighted by Crippen LogP contribution is -1.97. The molecule has 0 aliphatic carbocycles. The smallest absolute Gasteiger partial charge is 0.169 e. The van der Waals surface area contributed by atoms with Crippen molar-refractivity contribution < 1.29 is 4.39 Å². The van der Waals surface area contributed by atoms with E-state index in [0.29, 0.717) is 0 Å². The predicted octanol–water partition coefficient (Wildman–Crippen LogP) is 4.70. The van der Waals surface area contributed by atoms with Crippen molar-refractivity contribution in [3.63, 3.8) is 0 Å². The summed E-state index contributed by atoms with van der Waals surface area (Å²) in [6.45, 7) is 0.950. The molecule has 0 fully saturated rings. The highest BCUT2D eigenvalue weighted by molar-refractivity contribution is 7.99. The molecule has 0 atom stereocenters. The number of nitrogens with zero attached hydrogens (tertiary/aromatic N) is 3. The van der Waals surface area contributed by atoms with Gasteiger partial charge in [-0.2, -0.15) is 0 Å². The molecule has 1 aliphatic heterocycles. The van der Waals surface area contributed by atoms with E-state index in [1.165, 1.54) is 12.1 Å². The van der Waals surface area contributed by atoms with E-state index in [0.717, 1.165) is 40.0 Å². The fourth-order valence-electron chi connectivity index (χ4n) is 2.59. The van der Waals surface area contributed by atoms with Crippen molar-refractivity contribution in [2.24, 2.45) is 0 Å². The molecular weight excluding hydrogens is 356 g/mol. The first-order valence-electron chi connectivity index (χ1n) is 6.72. The van der Waals surface area contributed by atoms with E-state index in [9.17, 15) is 4.39 Å². The summed E-state index contributed by atoms with van der Waals surface area (Å²) in [5.41, 5.74) is 4.02. The van der Waals surface area contributed by atoms with Crippen LogP contribution in [0.4, 0.5) is 4.39 Å². The lowest BCUT2D eigenvalue weighted by molar-refractivity contribution is 0.628. The van der Waals surface area contributed by atoms with Crippen LogP contribution in [0, 0.1) is 5.82 Å². The lowest BCUT2D eigenvalue weighted by Gasteiger charge is -2.07. The number of pyridine rings is 1. The van der Waals surface area contributed by atoms with Crippen LogP contribution < -0.4 is 0 Å². The summed E-state index contributed by atoms with van der Waals surface area (Å²) in [4.78, 5) is 8.83. The lowest BCUT2D eigenvalue weighted by atomic mass is 10.1. The molecule has 0 saturated carbocycles. The number of rotatable bonds is 2. The molecule has 1 aromatic carbocycles. The number of hydrogen-bond donors (Lipinski definition) is 0. The zero-order chi connectivity index (χ0) is 14.2. The summed E-state index contributed by atoms with van der Waals surface area (Å²) in [6, 6.07) is 10.5. The van der Waals surface area contributed by atoms with E-state index in [1.54, 1.807) is 36.3 Å². The topological polar surface area (TPSA) is 30.7 Å².